The van der Waals surface area contributed by atoms with E-state index in [1.165, 1.54) is 0 Å². The number of allylic oxidation sites excluding steroid dienone is 1. The fourth-order valence-electron chi connectivity index (χ4n) is 0.576. The van der Waals surface area contributed by atoms with E-state index >= 15 is 0 Å². The fourth-order valence-corrected chi connectivity index (χ4v) is 0.576. The molecule has 3 heteroatoms. The quantitative estimate of drug-likeness (QED) is 0.499. The van der Waals surface area contributed by atoms with Crippen molar-refractivity contribution in [3.8, 4) is 0 Å². The molecule has 0 aromatic rings. The maximum atomic E-state index is 5.14. The van der Waals surface area contributed by atoms with Crippen LogP contribution in [0.1, 0.15) is 20.8 Å². The highest BCUT2D eigenvalue weighted by atomic mass is 16.9. The molecule has 0 radical (unpaired) electrons. The molecule has 2 rings (SSSR count). The van der Waals surface area contributed by atoms with Gasteiger partial charge < -0.3 is 14.2 Å². The summed E-state index contributed by atoms with van der Waals surface area (Å²) in [4.78, 5) is 0. The van der Waals surface area contributed by atoms with E-state index in [1.807, 2.05) is 13.0 Å². The summed E-state index contributed by atoms with van der Waals surface area (Å²) in [5, 5.41) is 0. The van der Waals surface area contributed by atoms with Gasteiger partial charge in [-0.1, -0.05) is 19.9 Å². The summed E-state index contributed by atoms with van der Waals surface area (Å²) >= 11 is 0. The second kappa shape index (κ2) is 4.74. The van der Waals surface area contributed by atoms with Crippen LogP contribution in [0.3, 0.4) is 0 Å². The standard InChI is InChI=1S/C5H8O3.C5H10/c1-3-5(7-3)8-4-2-6-4;1-4-5(2)3/h3-5H,2H2,1H3;4-5H,1H2,2-3H3. The Labute approximate surface area is 79.7 Å². The Morgan fingerprint density at radius 1 is 1.54 bits per heavy atom. The largest absolute Gasteiger partial charge is 0.345 e. The third kappa shape index (κ3) is 5.03. The highest BCUT2D eigenvalue weighted by Crippen LogP contribution is 2.27. The van der Waals surface area contributed by atoms with Gasteiger partial charge in [-0.25, -0.2) is 0 Å². The molecule has 3 atom stereocenters. The molecule has 0 N–H and O–H groups in total. The molecule has 0 aromatic carbocycles. The van der Waals surface area contributed by atoms with Gasteiger partial charge in [0.2, 0.25) is 0 Å². The van der Waals surface area contributed by atoms with Crippen LogP contribution in [0.2, 0.25) is 0 Å². The van der Waals surface area contributed by atoms with Crippen molar-refractivity contribution in [1.82, 2.24) is 0 Å². The summed E-state index contributed by atoms with van der Waals surface area (Å²) in [6, 6.07) is 0. The Morgan fingerprint density at radius 2 is 2.00 bits per heavy atom. The van der Waals surface area contributed by atoms with Crippen molar-refractivity contribution in [2.45, 2.75) is 39.5 Å². The first-order valence-corrected chi connectivity index (χ1v) is 4.68. The molecule has 0 aliphatic carbocycles. The van der Waals surface area contributed by atoms with E-state index in [0.29, 0.717) is 12.0 Å². The molecule has 2 aliphatic heterocycles. The zero-order valence-corrected chi connectivity index (χ0v) is 8.53. The third-order valence-corrected chi connectivity index (χ3v) is 1.72. The van der Waals surface area contributed by atoms with E-state index in [-0.39, 0.29) is 12.6 Å². The lowest BCUT2D eigenvalue weighted by Gasteiger charge is -1.87. The first-order valence-electron chi connectivity index (χ1n) is 4.68. The molecular formula is C10H18O3. The SMILES string of the molecule is C=CC(C)C.CC1OC1OC1CO1. The van der Waals surface area contributed by atoms with E-state index in [2.05, 4.69) is 20.4 Å². The van der Waals surface area contributed by atoms with Gasteiger partial charge >= 0.3 is 0 Å². The van der Waals surface area contributed by atoms with Crippen LogP contribution >= 0.6 is 0 Å². The topological polar surface area (TPSA) is 34.3 Å². The van der Waals surface area contributed by atoms with Crippen LogP contribution in [0, 0.1) is 5.92 Å². The normalized spacial score (nSPS) is 34.9. The van der Waals surface area contributed by atoms with Crippen molar-refractivity contribution in [3.05, 3.63) is 12.7 Å². The zero-order valence-electron chi connectivity index (χ0n) is 8.53. The first-order chi connectivity index (χ1) is 6.13. The van der Waals surface area contributed by atoms with Gasteiger partial charge in [0, 0.05) is 0 Å². The van der Waals surface area contributed by atoms with Gasteiger partial charge in [-0.2, -0.15) is 0 Å². The highest BCUT2D eigenvalue weighted by Gasteiger charge is 2.41. The minimum Gasteiger partial charge on any atom is -0.345 e. The Morgan fingerprint density at radius 3 is 2.23 bits per heavy atom. The molecule has 76 valence electrons. The summed E-state index contributed by atoms with van der Waals surface area (Å²) in [5.74, 6) is 0.648. The molecule has 0 aromatic heterocycles. The van der Waals surface area contributed by atoms with Crippen LogP contribution < -0.4 is 0 Å². The fraction of sp³-hybridized carbons (Fsp3) is 0.800. The minimum atomic E-state index is 0.0301. The average Bonchev–Trinajstić information content (AvgIpc) is 2.96. The van der Waals surface area contributed by atoms with E-state index in [0.717, 1.165) is 6.61 Å². The van der Waals surface area contributed by atoms with Crippen molar-refractivity contribution in [1.29, 1.82) is 0 Å². The lowest BCUT2D eigenvalue weighted by molar-refractivity contribution is -0.0100. The minimum absolute atomic E-state index is 0.0301. The van der Waals surface area contributed by atoms with Crippen LogP contribution in [0.5, 0.6) is 0 Å². The predicted octanol–water partition coefficient (Wildman–Crippen LogP) is 1.93. The van der Waals surface area contributed by atoms with E-state index in [9.17, 15) is 0 Å². The van der Waals surface area contributed by atoms with E-state index < -0.39 is 0 Å². The van der Waals surface area contributed by atoms with Crippen molar-refractivity contribution in [2.24, 2.45) is 5.92 Å². The molecule has 2 aliphatic rings. The van der Waals surface area contributed by atoms with Gasteiger partial charge in [0.15, 0.2) is 12.6 Å². The van der Waals surface area contributed by atoms with Crippen LogP contribution in [-0.2, 0) is 14.2 Å². The molecule has 0 amide bonds. The number of rotatable bonds is 3. The lowest BCUT2D eigenvalue weighted by atomic mass is 10.2. The van der Waals surface area contributed by atoms with Gasteiger partial charge in [-0.05, 0) is 12.8 Å². The van der Waals surface area contributed by atoms with Gasteiger partial charge in [0.25, 0.3) is 0 Å². The maximum absolute atomic E-state index is 5.14. The molecule has 2 fully saturated rings. The smallest absolute Gasteiger partial charge is 0.187 e. The number of hydrogen-bond acceptors (Lipinski definition) is 3. The summed E-state index contributed by atoms with van der Waals surface area (Å²) in [6.45, 7) is 10.5. The molecule has 3 unspecified atom stereocenters. The van der Waals surface area contributed by atoms with Gasteiger partial charge in [-0.15, -0.1) is 6.58 Å². The zero-order chi connectivity index (χ0) is 9.84. The van der Waals surface area contributed by atoms with Crippen LogP contribution in [0.4, 0.5) is 0 Å². The van der Waals surface area contributed by atoms with Gasteiger partial charge in [0.05, 0.1) is 0 Å². The second-order valence-electron chi connectivity index (χ2n) is 3.59. The van der Waals surface area contributed by atoms with Crippen LogP contribution in [-0.4, -0.2) is 25.3 Å². The average molecular weight is 186 g/mol. The van der Waals surface area contributed by atoms with Crippen molar-refractivity contribution >= 4 is 0 Å². The molecular weight excluding hydrogens is 168 g/mol. The van der Waals surface area contributed by atoms with Crippen molar-refractivity contribution < 1.29 is 14.2 Å². The lowest BCUT2D eigenvalue weighted by Crippen LogP contribution is -2.00. The number of hydrogen-bond donors (Lipinski definition) is 0. The van der Waals surface area contributed by atoms with Crippen LogP contribution in [0.15, 0.2) is 12.7 Å². The van der Waals surface area contributed by atoms with E-state index in [1.54, 1.807) is 0 Å². The summed E-state index contributed by atoms with van der Waals surface area (Å²) < 4.78 is 14.9. The molecule has 0 spiro atoms. The van der Waals surface area contributed by atoms with Gasteiger partial charge in [0.1, 0.15) is 12.7 Å². The van der Waals surface area contributed by atoms with Crippen LogP contribution in [0.25, 0.3) is 0 Å². The van der Waals surface area contributed by atoms with Crippen molar-refractivity contribution in [2.75, 3.05) is 6.61 Å². The van der Waals surface area contributed by atoms with Gasteiger partial charge in [-0.3, -0.25) is 0 Å². The molecule has 3 nitrogen and oxygen atoms in total. The molecule has 0 saturated carbocycles. The van der Waals surface area contributed by atoms with E-state index in [4.69, 9.17) is 14.2 Å². The summed E-state index contributed by atoms with van der Waals surface area (Å²) in [6.07, 6.45) is 2.28. The molecule has 2 heterocycles. The number of epoxide rings is 2. The Balaban J connectivity index is 0.000000149. The Bertz CT molecular complexity index is 164. The summed E-state index contributed by atoms with van der Waals surface area (Å²) in [7, 11) is 0. The highest BCUT2D eigenvalue weighted by molar-refractivity contribution is 4.73. The first kappa shape index (κ1) is 10.7. The second-order valence-corrected chi connectivity index (χ2v) is 3.59. The maximum Gasteiger partial charge on any atom is 0.187 e. The predicted molar refractivity (Wildman–Crippen MR) is 50.2 cm³/mol. The Kier molecular flexibility index (Phi) is 3.90. The molecule has 2 saturated heterocycles. The summed E-state index contributed by atoms with van der Waals surface area (Å²) in [5.41, 5.74) is 0. The monoisotopic (exact) mass is 186 g/mol. The molecule has 13 heavy (non-hydrogen) atoms. The Hall–Kier alpha value is -0.380. The number of ether oxygens (including phenoxy) is 3. The molecule has 0 bridgehead atoms. The van der Waals surface area contributed by atoms with Crippen molar-refractivity contribution in [3.63, 3.8) is 0 Å². The third-order valence-electron chi connectivity index (χ3n) is 1.72.